The normalized spacial score (nSPS) is 9.72. The Kier molecular flexibility index (Phi) is 5.52. The van der Waals surface area contributed by atoms with Crippen molar-refractivity contribution in [1.29, 1.82) is 0 Å². The van der Waals surface area contributed by atoms with E-state index >= 15 is 0 Å². The van der Waals surface area contributed by atoms with Crippen LogP contribution < -0.4 is 15.4 Å². The molecule has 0 fully saturated rings. The Morgan fingerprint density at radius 2 is 2.17 bits per heavy atom. The van der Waals surface area contributed by atoms with Crippen molar-refractivity contribution in [2.75, 3.05) is 13.7 Å². The number of carbonyl (C=O) groups is 1. The second kappa shape index (κ2) is 6.91. The number of rotatable bonds is 5. The van der Waals surface area contributed by atoms with Gasteiger partial charge in [0.1, 0.15) is 5.75 Å². The Labute approximate surface area is 112 Å². The zero-order chi connectivity index (χ0) is 13.5. The number of urea groups is 1. The highest BCUT2D eigenvalue weighted by Gasteiger charge is 2.03. The van der Waals surface area contributed by atoms with Gasteiger partial charge >= 0.3 is 6.03 Å². The average molecular weight is 269 g/mol. The summed E-state index contributed by atoms with van der Waals surface area (Å²) in [5, 5.41) is 5.94. The molecule has 2 amide bonds. The molecule has 0 saturated heterocycles. The fraction of sp³-hybridized carbons (Fsp3) is 0.308. The van der Waals surface area contributed by atoms with Crippen LogP contribution in [0.15, 0.2) is 30.4 Å². The molecule has 0 aliphatic heterocycles. The summed E-state index contributed by atoms with van der Waals surface area (Å²) >= 11 is 5.98. The number of benzene rings is 1. The van der Waals surface area contributed by atoms with Gasteiger partial charge in [0.25, 0.3) is 0 Å². The Balaban J connectivity index is 2.46. The summed E-state index contributed by atoms with van der Waals surface area (Å²) in [6, 6.07) is 5.15. The van der Waals surface area contributed by atoms with Gasteiger partial charge in [-0.05, 0) is 24.6 Å². The van der Waals surface area contributed by atoms with Crippen LogP contribution in [0, 0.1) is 0 Å². The third kappa shape index (κ3) is 4.67. The highest BCUT2D eigenvalue weighted by atomic mass is 35.5. The van der Waals surface area contributed by atoms with Gasteiger partial charge in [-0.25, -0.2) is 4.79 Å². The van der Waals surface area contributed by atoms with Gasteiger partial charge in [-0.15, -0.1) is 0 Å². The zero-order valence-electron chi connectivity index (χ0n) is 10.5. The van der Waals surface area contributed by atoms with Gasteiger partial charge in [0.15, 0.2) is 0 Å². The van der Waals surface area contributed by atoms with E-state index in [0.29, 0.717) is 23.9 Å². The fourth-order valence-electron chi connectivity index (χ4n) is 1.30. The van der Waals surface area contributed by atoms with E-state index in [1.807, 2.05) is 13.0 Å². The molecule has 4 nitrogen and oxygen atoms in total. The Hall–Kier alpha value is -1.68. The number of amides is 2. The summed E-state index contributed by atoms with van der Waals surface area (Å²) in [5.41, 5.74) is 1.81. The van der Waals surface area contributed by atoms with Gasteiger partial charge in [-0.3, -0.25) is 0 Å². The first-order chi connectivity index (χ1) is 8.52. The lowest BCUT2D eigenvalue weighted by Crippen LogP contribution is -2.35. The quantitative estimate of drug-likeness (QED) is 0.807. The number of hydrogen-bond donors (Lipinski definition) is 2. The van der Waals surface area contributed by atoms with E-state index in [-0.39, 0.29) is 6.03 Å². The van der Waals surface area contributed by atoms with Crippen molar-refractivity contribution in [3.63, 3.8) is 0 Å². The molecule has 0 heterocycles. The molecule has 0 atom stereocenters. The standard InChI is InChI=1S/C13H17ClN2O2/c1-9(2)7-15-13(17)16-8-10-4-5-12(18-3)11(14)6-10/h4-6H,1,7-8H2,2-3H3,(H2,15,16,17). The van der Waals surface area contributed by atoms with Crippen molar-refractivity contribution in [2.45, 2.75) is 13.5 Å². The van der Waals surface area contributed by atoms with Crippen LogP contribution in [-0.4, -0.2) is 19.7 Å². The lowest BCUT2D eigenvalue weighted by molar-refractivity contribution is 0.241. The molecule has 0 saturated carbocycles. The third-order valence-electron chi connectivity index (χ3n) is 2.22. The van der Waals surface area contributed by atoms with Gasteiger partial charge in [0.05, 0.1) is 12.1 Å². The lowest BCUT2D eigenvalue weighted by Gasteiger charge is -2.09. The molecule has 18 heavy (non-hydrogen) atoms. The van der Waals surface area contributed by atoms with Crippen LogP contribution in [0.5, 0.6) is 5.75 Å². The molecule has 1 rings (SSSR count). The molecule has 0 aromatic heterocycles. The average Bonchev–Trinajstić information content (AvgIpc) is 2.34. The maximum absolute atomic E-state index is 11.4. The molecule has 0 aliphatic carbocycles. The second-order valence-corrected chi connectivity index (χ2v) is 4.37. The SMILES string of the molecule is C=C(C)CNC(=O)NCc1ccc(OC)c(Cl)c1. The van der Waals surface area contributed by atoms with Gasteiger partial charge in [-0.2, -0.15) is 0 Å². The van der Waals surface area contributed by atoms with E-state index in [0.717, 1.165) is 11.1 Å². The smallest absolute Gasteiger partial charge is 0.315 e. The summed E-state index contributed by atoms with van der Waals surface area (Å²) in [6.07, 6.45) is 0. The van der Waals surface area contributed by atoms with Crippen molar-refractivity contribution in [3.05, 3.63) is 40.9 Å². The van der Waals surface area contributed by atoms with Crippen molar-refractivity contribution < 1.29 is 9.53 Å². The van der Waals surface area contributed by atoms with Crippen molar-refractivity contribution in [3.8, 4) is 5.75 Å². The number of hydrogen-bond acceptors (Lipinski definition) is 2. The fourth-order valence-corrected chi connectivity index (χ4v) is 1.58. The van der Waals surface area contributed by atoms with E-state index in [1.54, 1.807) is 19.2 Å². The predicted octanol–water partition coefficient (Wildman–Crippen LogP) is 2.72. The van der Waals surface area contributed by atoms with Gasteiger partial charge in [-0.1, -0.05) is 29.8 Å². The maximum Gasteiger partial charge on any atom is 0.315 e. The zero-order valence-corrected chi connectivity index (χ0v) is 11.3. The number of ether oxygens (including phenoxy) is 1. The predicted molar refractivity (Wildman–Crippen MR) is 73.1 cm³/mol. The van der Waals surface area contributed by atoms with Crippen LogP contribution in [0.2, 0.25) is 5.02 Å². The monoisotopic (exact) mass is 268 g/mol. The second-order valence-electron chi connectivity index (χ2n) is 3.96. The molecule has 0 bridgehead atoms. The first kappa shape index (κ1) is 14.4. The first-order valence-electron chi connectivity index (χ1n) is 5.51. The summed E-state index contributed by atoms with van der Waals surface area (Å²) in [4.78, 5) is 11.4. The third-order valence-corrected chi connectivity index (χ3v) is 2.52. The number of carbonyl (C=O) groups excluding carboxylic acids is 1. The molecule has 1 aromatic carbocycles. The van der Waals surface area contributed by atoms with E-state index in [2.05, 4.69) is 17.2 Å². The Morgan fingerprint density at radius 1 is 1.44 bits per heavy atom. The van der Waals surface area contributed by atoms with Crippen LogP contribution in [-0.2, 0) is 6.54 Å². The number of halogens is 1. The molecular weight excluding hydrogens is 252 g/mol. The van der Waals surface area contributed by atoms with Gasteiger partial charge in [0, 0.05) is 13.1 Å². The van der Waals surface area contributed by atoms with Gasteiger partial charge in [0.2, 0.25) is 0 Å². The van der Waals surface area contributed by atoms with Crippen molar-refractivity contribution in [2.24, 2.45) is 0 Å². The van der Waals surface area contributed by atoms with Crippen molar-refractivity contribution >= 4 is 17.6 Å². The summed E-state index contributed by atoms with van der Waals surface area (Å²) in [5.74, 6) is 0.618. The summed E-state index contributed by atoms with van der Waals surface area (Å²) < 4.78 is 5.05. The molecule has 5 heteroatoms. The molecule has 0 unspecified atom stereocenters. The molecular formula is C13H17ClN2O2. The Bertz CT molecular complexity index is 447. The molecule has 0 spiro atoms. The topological polar surface area (TPSA) is 50.4 Å². The molecule has 0 radical (unpaired) electrons. The highest BCUT2D eigenvalue weighted by molar-refractivity contribution is 6.32. The van der Waals surface area contributed by atoms with Crippen LogP contribution >= 0.6 is 11.6 Å². The molecule has 2 N–H and O–H groups in total. The first-order valence-corrected chi connectivity index (χ1v) is 5.89. The Morgan fingerprint density at radius 3 is 2.72 bits per heavy atom. The van der Waals surface area contributed by atoms with E-state index in [4.69, 9.17) is 16.3 Å². The number of nitrogens with one attached hydrogen (secondary N) is 2. The minimum Gasteiger partial charge on any atom is -0.495 e. The van der Waals surface area contributed by atoms with Crippen LogP contribution in [0.1, 0.15) is 12.5 Å². The molecule has 1 aromatic rings. The summed E-state index contributed by atoms with van der Waals surface area (Å²) in [7, 11) is 1.56. The number of methoxy groups -OCH3 is 1. The van der Waals surface area contributed by atoms with Crippen LogP contribution in [0.3, 0.4) is 0 Å². The minimum atomic E-state index is -0.232. The molecule has 0 aliphatic rings. The van der Waals surface area contributed by atoms with Gasteiger partial charge < -0.3 is 15.4 Å². The molecule has 98 valence electrons. The minimum absolute atomic E-state index is 0.232. The lowest BCUT2D eigenvalue weighted by atomic mass is 10.2. The largest absolute Gasteiger partial charge is 0.495 e. The van der Waals surface area contributed by atoms with E-state index in [9.17, 15) is 4.79 Å². The summed E-state index contributed by atoms with van der Waals surface area (Å²) in [6.45, 7) is 6.43. The van der Waals surface area contributed by atoms with Crippen LogP contribution in [0.4, 0.5) is 4.79 Å². The maximum atomic E-state index is 11.4. The van der Waals surface area contributed by atoms with Crippen molar-refractivity contribution in [1.82, 2.24) is 10.6 Å². The van der Waals surface area contributed by atoms with E-state index < -0.39 is 0 Å². The highest BCUT2D eigenvalue weighted by Crippen LogP contribution is 2.24. The van der Waals surface area contributed by atoms with E-state index in [1.165, 1.54) is 0 Å². The van der Waals surface area contributed by atoms with Crippen LogP contribution in [0.25, 0.3) is 0 Å².